The maximum absolute atomic E-state index is 5.58. The zero-order chi connectivity index (χ0) is 15.3. The molecule has 1 unspecified atom stereocenters. The average Bonchev–Trinajstić information content (AvgIpc) is 2.97. The molecule has 2 heteroatoms. The van der Waals surface area contributed by atoms with Gasteiger partial charge in [0.05, 0.1) is 6.26 Å². The van der Waals surface area contributed by atoms with Crippen molar-refractivity contribution >= 4 is 0 Å². The van der Waals surface area contributed by atoms with E-state index in [1.54, 1.807) is 0 Å². The van der Waals surface area contributed by atoms with Crippen LogP contribution in [0.15, 0.2) is 16.7 Å². The fourth-order valence-corrected chi connectivity index (χ4v) is 3.04. The van der Waals surface area contributed by atoms with Crippen LogP contribution in [0.2, 0.25) is 0 Å². The van der Waals surface area contributed by atoms with E-state index >= 15 is 0 Å². The number of nitrogens with one attached hydrogen (secondary N) is 1. The van der Waals surface area contributed by atoms with E-state index < -0.39 is 0 Å². The minimum Gasteiger partial charge on any atom is -0.469 e. The monoisotopic (exact) mass is 293 g/mol. The van der Waals surface area contributed by atoms with Gasteiger partial charge in [-0.3, -0.25) is 0 Å². The lowest BCUT2D eigenvalue weighted by Gasteiger charge is -2.17. The van der Waals surface area contributed by atoms with E-state index in [0.717, 1.165) is 18.7 Å². The highest BCUT2D eigenvalue weighted by molar-refractivity contribution is 5.21. The highest BCUT2D eigenvalue weighted by atomic mass is 16.3. The molecule has 0 saturated heterocycles. The van der Waals surface area contributed by atoms with Crippen molar-refractivity contribution in [3.05, 3.63) is 23.7 Å². The lowest BCUT2D eigenvalue weighted by atomic mass is 9.99. The molecule has 0 aliphatic heterocycles. The predicted molar refractivity (Wildman–Crippen MR) is 91.7 cm³/mol. The Labute approximate surface area is 131 Å². The van der Waals surface area contributed by atoms with Gasteiger partial charge in [-0.15, -0.1) is 0 Å². The van der Waals surface area contributed by atoms with Gasteiger partial charge in [-0.25, -0.2) is 0 Å². The average molecular weight is 293 g/mol. The Morgan fingerprint density at radius 2 is 1.62 bits per heavy atom. The molecule has 0 saturated carbocycles. The van der Waals surface area contributed by atoms with Crippen LogP contribution in [0.4, 0.5) is 0 Å². The normalized spacial score (nSPS) is 12.7. The molecule has 0 aromatic carbocycles. The Balaban J connectivity index is 2.23. The van der Waals surface area contributed by atoms with Crippen molar-refractivity contribution in [3.8, 4) is 0 Å². The molecule has 0 aliphatic carbocycles. The largest absolute Gasteiger partial charge is 0.469 e. The molecule has 1 aromatic heterocycles. The third kappa shape index (κ3) is 7.17. The molecule has 21 heavy (non-hydrogen) atoms. The van der Waals surface area contributed by atoms with Crippen LogP contribution >= 0.6 is 0 Å². The molecule has 1 atom stereocenters. The number of aryl methyl sites for hydroxylation is 1. The maximum atomic E-state index is 5.58. The second kappa shape index (κ2) is 11.9. The van der Waals surface area contributed by atoms with E-state index in [9.17, 15) is 0 Å². The molecule has 0 fully saturated rings. The van der Waals surface area contributed by atoms with Crippen LogP contribution in [0, 0.1) is 0 Å². The summed E-state index contributed by atoms with van der Waals surface area (Å²) < 4.78 is 5.58. The number of furan rings is 1. The van der Waals surface area contributed by atoms with Crippen molar-refractivity contribution in [2.75, 3.05) is 6.54 Å². The second-order valence-electron chi connectivity index (χ2n) is 6.03. The fraction of sp³-hybridized carbons (Fsp3) is 0.789. The number of hydrogen-bond donors (Lipinski definition) is 1. The van der Waals surface area contributed by atoms with Crippen LogP contribution < -0.4 is 5.32 Å². The summed E-state index contributed by atoms with van der Waals surface area (Å²) in [6.07, 6.45) is 15.2. The Bertz CT molecular complexity index is 345. The first-order chi connectivity index (χ1) is 10.3. The van der Waals surface area contributed by atoms with Crippen molar-refractivity contribution in [2.24, 2.45) is 0 Å². The molecular formula is C19H35NO. The Morgan fingerprint density at radius 1 is 0.952 bits per heavy atom. The van der Waals surface area contributed by atoms with Crippen LogP contribution in [0.5, 0.6) is 0 Å². The minimum absolute atomic E-state index is 0.476. The molecule has 0 amide bonds. The Kier molecular flexibility index (Phi) is 10.3. The summed E-state index contributed by atoms with van der Waals surface area (Å²) in [5.41, 5.74) is 1.38. The van der Waals surface area contributed by atoms with Gasteiger partial charge in [0.1, 0.15) is 5.76 Å². The summed E-state index contributed by atoms with van der Waals surface area (Å²) in [6, 6.07) is 2.63. The molecule has 2 nitrogen and oxygen atoms in total. The van der Waals surface area contributed by atoms with Crippen LogP contribution in [-0.2, 0) is 6.42 Å². The number of unbranched alkanes of at least 4 members (excludes halogenated alkanes) is 7. The van der Waals surface area contributed by atoms with Gasteiger partial charge in [-0.05, 0) is 19.0 Å². The topological polar surface area (TPSA) is 25.2 Å². The van der Waals surface area contributed by atoms with Gasteiger partial charge in [0.2, 0.25) is 0 Å². The van der Waals surface area contributed by atoms with Crippen LogP contribution in [0.1, 0.15) is 95.9 Å². The van der Waals surface area contributed by atoms with E-state index in [2.05, 4.69) is 32.2 Å². The van der Waals surface area contributed by atoms with Crippen LogP contribution in [0.25, 0.3) is 0 Å². The van der Waals surface area contributed by atoms with Crippen molar-refractivity contribution in [2.45, 2.75) is 91.0 Å². The van der Waals surface area contributed by atoms with Gasteiger partial charge >= 0.3 is 0 Å². The molecule has 0 bridgehead atoms. The summed E-state index contributed by atoms with van der Waals surface area (Å²) in [6.45, 7) is 7.66. The predicted octanol–water partition coefficient (Wildman–Crippen LogP) is 6.02. The molecular weight excluding hydrogens is 258 g/mol. The molecule has 1 N–H and O–H groups in total. The van der Waals surface area contributed by atoms with Gasteiger partial charge < -0.3 is 9.73 Å². The smallest absolute Gasteiger partial charge is 0.108 e. The maximum Gasteiger partial charge on any atom is 0.108 e. The van der Waals surface area contributed by atoms with Gasteiger partial charge in [0.25, 0.3) is 0 Å². The van der Waals surface area contributed by atoms with Gasteiger partial charge in [-0.1, -0.05) is 72.1 Å². The number of hydrogen-bond acceptors (Lipinski definition) is 2. The van der Waals surface area contributed by atoms with E-state index in [1.165, 1.54) is 63.4 Å². The first kappa shape index (κ1) is 18.3. The van der Waals surface area contributed by atoms with E-state index in [0.29, 0.717) is 6.04 Å². The summed E-state index contributed by atoms with van der Waals surface area (Å²) in [7, 11) is 0. The summed E-state index contributed by atoms with van der Waals surface area (Å²) in [4.78, 5) is 0. The van der Waals surface area contributed by atoms with Crippen LogP contribution in [-0.4, -0.2) is 6.54 Å². The zero-order valence-electron chi connectivity index (χ0n) is 14.4. The standard InChI is InChI=1S/C19H35NO/c1-4-7-8-9-10-11-12-13-14-18(20-6-3)17-15-16-21-19(17)5-2/h15-16,18,20H,4-14H2,1-3H3. The first-order valence-electron chi connectivity index (χ1n) is 9.13. The van der Waals surface area contributed by atoms with Crippen molar-refractivity contribution in [1.82, 2.24) is 5.32 Å². The molecule has 0 aliphatic rings. The summed E-state index contributed by atoms with van der Waals surface area (Å²) in [5.74, 6) is 1.15. The van der Waals surface area contributed by atoms with E-state index in [4.69, 9.17) is 4.42 Å². The molecule has 1 heterocycles. The Morgan fingerprint density at radius 3 is 2.24 bits per heavy atom. The number of rotatable bonds is 13. The third-order valence-electron chi connectivity index (χ3n) is 4.27. The van der Waals surface area contributed by atoms with Gasteiger partial charge in [0, 0.05) is 18.0 Å². The molecule has 1 rings (SSSR count). The SMILES string of the molecule is CCCCCCCCCCC(NCC)c1ccoc1CC. The Hall–Kier alpha value is -0.760. The van der Waals surface area contributed by atoms with Crippen molar-refractivity contribution in [1.29, 1.82) is 0 Å². The van der Waals surface area contributed by atoms with E-state index in [1.807, 2.05) is 6.26 Å². The summed E-state index contributed by atoms with van der Waals surface area (Å²) in [5, 5.41) is 3.62. The van der Waals surface area contributed by atoms with Gasteiger partial charge in [-0.2, -0.15) is 0 Å². The summed E-state index contributed by atoms with van der Waals surface area (Å²) >= 11 is 0. The molecule has 1 aromatic rings. The van der Waals surface area contributed by atoms with Gasteiger partial charge in [0.15, 0.2) is 0 Å². The third-order valence-corrected chi connectivity index (χ3v) is 4.27. The highest BCUT2D eigenvalue weighted by Crippen LogP contribution is 2.25. The van der Waals surface area contributed by atoms with Crippen molar-refractivity contribution in [3.63, 3.8) is 0 Å². The quantitative estimate of drug-likeness (QED) is 0.450. The lowest BCUT2D eigenvalue weighted by Crippen LogP contribution is -2.21. The fourth-order valence-electron chi connectivity index (χ4n) is 3.04. The molecule has 122 valence electrons. The molecule has 0 spiro atoms. The molecule has 0 radical (unpaired) electrons. The highest BCUT2D eigenvalue weighted by Gasteiger charge is 2.15. The lowest BCUT2D eigenvalue weighted by molar-refractivity contribution is 0.454. The second-order valence-corrected chi connectivity index (χ2v) is 6.03. The van der Waals surface area contributed by atoms with Crippen LogP contribution in [0.3, 0.4) is 0 Å². The zero-order valence-corrected chi connectivity index (χ0v) is 14.4. The van der Waals surface area contributed by atoms with E-state index in [-0.39, 0.29) is 0 Å². The first-order valence-corrected chi connectivity index (χ1v) is 9.13. The minimum atomic E-state index is 0.476. The van der Waals surface area contributed by atoms with Crippen molar-refractivity contribution < 1.29 is 4.42 Å².